The van der Waals surface area contributed by atoms with Crippen LogP contribution in [0.3, 0.4) is 0 Å². The van der Waals surface area contributed by atoms with Crippen LogP contribution >= 0.6 is 0 Å². The number of carbonyl (C=O) groups is 7. The zero-order chi connectivity index (χ0) is 40.8. The van der Waals surface area contributed by atoms with Crippen molar-refractivity contribution in [1.29, 1.82) is 0 Å². The van der Waals surface area contributed by atoms with Crippen LogP contribution < -0.4 is 32.7 Å². The number of nitrogens with one attached hydrogen (secondary N) is 6. The molecule has 0 bridgehead atoms. The summed E-state index contributed by atoms with van der Waals surface area (Å²) in [5.74, 6) is -6.60. The van der Waals surface area contributed by atoms with Crippen LogP contribution in [0.15, 0.2) is 43.0 Å². The molecule has 0 saturated carbocycles. The summed E-state index contributed by atoms with van der Waals surface area (Å²) in [4.78, 5) is 98.9. The number of hydrogen-bond donors (Lipinski definition) is 9. The molecule has 2 heterocycles. The van der Waals surface area contributed by atoms with Crippen LogP contribution in [-0.4, -0.2) is 85.6 Å². The minimum absolute atomic E-state index is 0.0286. The lowest BCUT2D eigenvalue weighted by Crippen LogP contribution is -2.59. The predicted octanol–water partition coefficient (Wildman–Crippen LogP) is 2.01. The van der Waals surface area contributed by atoms with Crippen molar-refractivity contribution < 1.29 is 38.7 Å². The first-order valence-electron chi connectivity index (χ1n) is 18.8. The van der Waals surface area contributed by atoms with E-state index in [0.717, 1.165) is 43.0 Å². The number of nitrogens with two attached hydrogens (primary N) is 2. The number of H-pyrrole nitrogens is 2. The van der Waals surface area contributed by atoms with E-state index in [-0.39, 0.29) is 25.2 Å². The third-order valence-electron chi connectivity index (χ3n) is 8.45. The molecule has 2 aromatic heterocycles. The minimum Gasteiger partial charge on any atom is -0.481 e. The molecule has 0 aliphatic rings. The van der Waals surface area contributed by atoms with Crippen LogP contribution in [0.25, 0.3) is 10.9 Å². The van der Waals surface area contributed by atoms with Gasteiger partial charge in [0.05, 0.1) is 19.2 Å². The third-order valence-corrected chi connectivity index (χ3v) is 8.45. The normalized spacial score (nSPS) is 12.9. The first-order valence-corrected chi connectivity index (χ1v) is 18.8. The molecule has 3 aromatic rings. The van der Waals surface area contributed by atoms with Gasteiger partial charge in [-0.1, -0.05) is 83.9 Å². The zero-order valence-corrected chi connectivity index (χ0v) is 32.0. The van der Waals surface area contributed by atoms with E-state index in [4.69, 9.17) is 16.6 Å². The Labute approximate surface area is 320 Å². The summed E-state index contributed by atoms with van der Waals surface area (Å²) >= 11 is 0. The Morgan fingerprint density at radius 3 is 1.91 bits per heavy atom. The van der Waals surface area contributed by atoms with Gasteiger partial charge in [-0.2, -0.15) is 0 Å². The van der Waals surface area contributed by atoms with E-state index in [2.05, 4.69) is 57.0 Å². The van der Waals surface area contributed by atoms with Gasteiger partial charge in [-0.15, -0.1) is 0 Å². The van der Waals surface area contributed by atoms with Crippen molar-refractivity contribution >= 4 is 52.3 Å². The summed E-state index contributed by atoms with van der Waals surface area (Å²) in [7, 11) is 0. The molecule has 0 aliphatic carbocycles. The summed E-state index contributed by atoms with van der Waals surface area (Å²) < 4.78 is 0. The second-order valence-electron chi connectivity index (χ2n) is 13.4. The van der Waals surface area contributed by atoms with E-state index in [1.165, 1.54) is 25.4 Å². The number of carbonyl (C=O) groups excluding carboxylic acids is 6. The summed E-state index contributed by atoms with van der Waals surface area (Å²) in [6, 6.07) is 1.48. The molecule has 11 N–H and O–H groups in total. The average molecular weight is 768 g/mol. The van der Waals surface area contributed by atoms with Crippen LogP contribution in [0.5, 0.6) is 0 Å². The molecule has 1 aromatic carbocycles. The number of unbranched alkanes of at least 4 members (excludes halogenated alkanes) is 6. The smallest absolute Gasteiger partial charge is 0.305 e. The number of nitrogens with zero attached hydrogens (tertiary/aromatic N) is 1. The fourth-order valence-corrected chi connectivity index (χ4v) is 5.69. The summed E-state index contributed by atoms with van der Waals surface area (Å²) in [5, 5.41) is 19.9. The second-order valence-corrected chi connectivity index (χ2v) is 13.4. The second kappa shape index (κ2) is 24.6. The standard InChI is InChI=1S/C35H49N9O8.C3H8/c1-2-3-4-5-6-7-8-13-30(46)41-27(15-22-19-38-20-40-22)34(51)43-26(14-21-18-39-24-12-10-9-11-23(21)24)33(50)44-28(16-29(36)45)35(52)42-25(32(37)49)17-31(47)48;1-3-2/h9-12,18-20,25-28,39H,2-8,13-17H2,1H3,(H2,36,45)(H2,37,49)(H,38,40)(H,41,46)(H,42,52)(H,43,51)(H,44,50)(H,47,48);3H2,1-2H3. The highest BCUT2D eigenvalue weighted by atomic mass is 16.4. The first kappa shape index (κ1) is 45.4. The van der Waals surface area contributed by atoms with Gasteiger partial charge in [0.1, 0.15) is 24.2 Å². The Balaban J connectivity index is 0.00000337. The number of aliphatic carboxylic acids is 1. The van der Waals surface area contributed by atoms with E-state index in [0.29, 0.717) is 17.7 Å². The lowest BCUT2D eigenvalue weighted by molar-refractivity contribution is -0.141. The van der Waals surface area contributed by atoms with Gasteiger partial charge in [0.25, 0.3) is 0 Å². The number of benzene rings is 1. The molecule has 17 heteroatoms. The van der Waals surface area contributed by atoms with Gasteiger partial charge >= 0.3 is 5.97 Å². The van der Waals surface area contributed by atoms with Crippen molar-refractivity contribution in [2.45, 2.75) is 128 Å². The maximum absolute atomic E-state index is 13.9. The zero-order valence-electron chi connectivity index (χ0n) is 32.0. The number of imidazole rings is 1. The van der Waals surface area contributed by atoms with Gasteiger partial charge in [-0.3, -0.25) is 33.6 Å². The van der Waals surface area contributed by atoms with Gasteiger partial charge < -0.3 is 47.8 Å². The number of carboxylic acid groups (broad SMARTS) is 1. The molecule has 0 radical (unpaired) electrons. The number of primary amides is 2. The van der Waals surface area contributed by atoms with Crippen molar-refractivity contribution in [3.63, 3.8) is 0 Å². The SMILES string of the molecule is CCC.CCCCCCCCCC(=O)NC(Cc1cnc[nH]1)C(=O)NC(Cc1c[nH]c2ccccc12)C(=O)NC(CC(N)=O)C(=O)NC(CC(=O)O)C(N)=O. The highest BCUT2D eigenvalue weighted by Gasteiger charge is 2.33. The number of aromatic amines is 2. The number of amides is 6. The monoisotopic (exact) mass is 767 g/mol. The summed E-state index contributed by atoms with van der Waals surface area (Å²) in [5.41, 5.74) is 12.5. The van der Waals surface area contributed by atoms with E-state index < -0.39 is 72.5 Å². The Morgan fingerprint density at radius 2 is 1.31 bits per heavy atom. The molecule has 6 amide bonds. The highest BCUT2D eigenvalue weighted by Crippen LogP contribution is 2.19. The Hall–Kier alpha value is -5.74. The van der Waals surface area contributed by atoms with E-state index in [9.17, 15) is 33.6 Å². The molecule has 17 nitrogen and oxygen atoms in total. The number of hydrogen-bond acceptors (Lipinski definition) is 8. The fraction of sp³-hybridized carbons (Fsp3) is 0.526. The molecule has 0 spiro atoms. The first-order chi connectivity index (χ1) is 26.3. The minimum atomic E-state index is -1.66. The van der Waals surface area contributed by atoms with Gasteiger partial charge in [-0.05, 0) is 18.1 Å². The van der Waals surface area contributed by atoms with Gasteiger partial charge in [-0.25, -0.2) is 4.98 Å². The molecule has 4 unspecified atom stereocenters. The van der Waals surface area contributed by atoms with Crippen LogP contribution in [0.2, 0.25) is 0 Å². The molecule has 4 atom stereocenters. The van der Waals surface area contributed by atoms with Crippen molar-refractivity contribution in [2.24, 2.45) is 11.5 Å². The van der Waals surface area contributed by atoms with Crippen LogP contribution in [0, 0.1) is 0 Å². The van der Waals surface area contributed by atoms with Gasteiger partial charge in [0.15, 0.2) is 0 Å². The van der Waals surface area contributed by atoms with Gasteiger partial charge in [0.2, 0.25) is 35.4 Å². The Bertz CT molecular complexity index is 1690. The van der Waals surface area contributed by atoms with Crippen molar-refractivity contribution in [2.75, 3.05) is 0 Å². The maximum Gasteiger partial charge on any atom is 0.305 e. The average Bonchev–Trinajstić information content (AvgIpc) is 3.80. The van der Waals surface area contributed by atoms with E-state index in [1.807, 2.05) is 18.2 Å². The number of aromatic nitrogens is 3. The molecule has 55 heavy (non-hydrogen) atoms. The molecule has 3 rings (SSSR count). The predicted molar refractivity (Wildman–Crippen MR) is 206 cm³/mol. The van der Waals surface area contributed by atoms with Crippen LogP contribution in [-0.2, 0) is 46.4 Å². The van der Waals surface area contributed by atoms with Crippen molar-refractivity contribution in [3.05, 3.63) is 54.2 Å². The molecule has 0 saturated heterocycles. The van der Waals surface area contributed by atoms with Crippen LogP contribution in [0.1, 0.15) is 103 Å². The molecular weight excluding hydrogens is 710 g/mol. The van der Waals surface area contributed by atoms with Crippen molar-refractivity contribution in [1.82, 2.24) is 36.2 Å². The molecule has 0 fully saturated rings. The number of rotatable bonds is 24. The highest BCUT2D eigenvalue weighted by molar-refractivity contribution is 5.98. The lowest BCUT2D eigenvalue weighted by Gasteiger charge is -2.25. The topological polar surface area (TPSA) is 284 Å². The molecule has 302 valence electrons. The Kier molecular flexibility index (Phi) is 20.3. The van der Waals surface area contributed by atoms with Gasteiger partial charge in [0, 0.05) is 48.3 Å². The number of carboxylic acids is 1. The number of para-hydroxylation sites is 1. The summed E-state index contributed by atoms with van der Waals surface area (Å²) in [6.07, 6.45) is 11.5. The molecule has 0 aliphatic heterocycles. The summed E-state index contributed by atoms with van der Waals surface area (Å²) in [6.45, 7) is 6.39. The number of fused-ring (bicyclic) bond motifs is 1. The van der Waals surface area contributed by atoms with Crippen molar-refractivity contribution in [3.8, 4) is 0 Å². The van der Waals surface area contributed by atoms with E-state index in [1.54, 1.807) is 12.3 Å². The Morgan fingerprint density at radius 1 is 0.727 bits per heavy atom. The lowest BCUT2D eigenvalue weighted by atomic mass is 10.0. The fourth-order valence-electron chi connectivity index (χ4n) is 5.69. The largest absolute Gasteiger partial charge is 0.481 e. The van der Waals surface area contributed by atoms with E-state index >= 15 is 0 Å². The third kappa shape index (κ3) is 16.9. The molecular formula is C38H57N9O8. The maximum atomic E-state index is 13.9. The quantitative estimate of drug-likeness (QED) is 0.0602. The van der Waals surface area contributed by atoms with Crippen LogP contribution in [0.4, 0.5) is 0 Å².